The highest BCUT2D eigenvalue weighted by Gasteiger charge is 2.24. The van der Waals surface area contributed by atoms with Gasteiger partial charge >= 0.3 is 0 Å². The van der Waals surface area contributed by atoms with Gasteiger partial charge in [0.25, 0.3) is 11.5 Å². The number of pyridine rings is 2. The van der Waals surface area contributed by atoms with Gasteiger partial charge in [-0.1, -0.05) is 35.3 Å². The van der Waals surface area contributed by atoms with Crippen molar-refractivity contribution in [2.45, 2.75) is 25.3 Å². The number of anilines is 1. The number of nitrogen functional groups attached to an aromatic ring is 1. The maximum absolute atomic E-state index is 15.1. The summed E-state index contributed by atoms with van der Waals surface area (Å²) in [6, 6.07) is 11.4. The molecule has 1 amide bonds. The number of hydrogen-bond donors (Lipinski definition) is 1. The van der Waals surface area contributed by atoms with Gasteiger partial charge in [-0.3, -0.25) is 14.5 Å². The quantitative estimate of drug-likeness (QED) is 0.347. The Morgan fingerprint density at radius 2 is 1.79 bits per heavy atom. The highest BCUT2D eigenvalue weighted by Crippen LogP contribution is 2.32. The number of halogens is 3. The average molecular weight is 571 g/mol. The van der Waals surface area contributed by atoms with Gasteiger partial charge in [-0.05, 0) is 61.7 Å². The lowest BCUT2D eigenvalue weighted by atomic mass is 9.89. The number of amides is 1. The molecule has 39 heavy (non-hydrogen) atoms. The maximum Gasteiger partial charge on any atom is 0.278 e. The van der Waals surface area contributed by atoms with Gasteiger partial charge in [0, 0.05) is 50.5 Å². The number of benzene rings is 1. The van der Waals surface area contributed by atoms with Gasteiger partial charge in [0.15, 0.2) is 0 Å². The molecule has 0 spiro atoms. The number of nitrogens with two attached hydrogens (primary N) is 1. The standard InChI is InChI=1S/C28H29Cl2FN6O2/c1-34(2)27(38)18-6-4-16(5-7-18)17-9-12-36(13-10-17)15-19-14-20-21(8-11-33-26(20)35(19)3)37-25(31)22(29)24(32)23(30)28(37)39/h4-8,11,14,17H,9-10,12-13,15,32H2,1-3H3. The molecule has 1 aromatic carbocycles. The molecule has 1 fully saturated rings. The molecule has 0 radical (unpaired) electrons. The molecule has 0 atom stereocenters. The van der Waals surface area contributed by atoms with E-state index < -0.39 is 16.5 Å². The first kappa shape index (κ1) is 27.2. The van der Waals surface area contributed by atoms with E-state index in [2.05, 4.69) is 22.0 Å². The lowest BCUT2D eigenvalue weighted by Gasteiger charge is -2.32. The van der Waals surface area contributed by atoms with Gasteiger partial charge in [0.05, 0.1) is 11.4 Å². The molecule has 4 aromatic rings. The number of fused-ring (bicyclic) bond motifs is 1. The Labute approximate surface area is 235 Å². The van der Waals surface area contributed by atoms with Crippen LogP contribution in [0.25, 0.3) is 16.7 Å². The Kier molecular flexibility index (Phi) is 7.41. The molecule has 2 N–H and O–H groups in total. The van der Waals surface area contributed by atoms with Gasteiger partial charge in [0.2, 0.25) is 5.95 Å². The van der Waals surface area contributed by atoms with Crippen LogP contribution in [-0.2, 0) is 13.6 Å². The van der Waals surface area contributed by atoms with E-state index in [1.807, 2.05) is 29.8 Å². The number of rotatable bonds is 5. The summed E-state index contributed by atoms with van der Waals surface area (Å²) < 4.78 is 17.9. The normalized spacial score (nSPS) is 14.7. The van der Waals surface area contributed by atoms with E-state index in [4.69, 9.17) is 28.9 Å². The number of likely N-dealkylation sites (tertiary alicyclic amines) is 1. The SMILES string of the molecule is CN(C)C(=O)c1ccc(C2CCN(Cc3cc4c(-n5c(F)c(Cl)c(N)c(Cl)c5=O)ccnc4n3C)CC2)cc1. The first-order chi connectivity index (χ1) is 18.6. The van der Waals surface area contributed by atoms with Crippen LogP contribution in [0.3, 0.4) is 0 Å². The minimum atomic E-state index is -0.970. The molecule has 1 saturated heterocycles. The van der Waals surface area contributed by atoms with Crippen LogP contribution in [0.2, 0.25) is 10.0 Å². The fourth-order valence-corrected chi connectivity index (χ4v) is 5.64. The van der Waals surface area contributed by atoms with Crippen molar-refractivity contribution in [1.82, 2.24) is 23.9 Å². The molecule has 1 aliphatic heterocycles. The van der Waals surface area contributed by atoms with Gasteiger partial charge in [-0.15, -0.1) is 0 Å². The number of nitrogens with zero attached hydrogens (tertiary/aromatic N) is 5. The Morgan fingerprint density at radius 1 is 1.13 bits per heavy atom. The van der Waals surface area contributed by atoms with Crippen LogP contribution in [0.4, 0.5) is 10.1 Å². The third kappa shape index (κ3) is 4.90. The topological polar surface area (TPSA) is 89.4 Å². The summed E-state index contributed by atoms with van der Waals surface area (Å²) in [7, 11) is 5.40. The third-order valence-electron chi connectivity index (χ3n) is 7.50. The summed E-state index contributed by atoms with van der Waals surface area (Å²) in [6.45, 7) is 2.49. The van der Waals surface area contributed by atoms with E-state index in [0.717, 1.165) is 36.2 Å². The maximum atomic E-state index is 15.1. The summed E-state index contributed by atoms with van der Waals surface area (Å²) in [5.41, 5.74) is 8.46. The first-order valence-corrected chi connectivity index (χ1v) is 13.4. The number of carbonyl (C=O) groups excluding carboxylic acids is 1. The number of hydrogen-bond acceptors (Lipinski definition) is 5. The minimum absolute atomic E-state index is 0.000764. The molecule has 5 rings (SSSR count). The molecule has 0 saturated carbocycles. The lowest BCUT2D eigenvalue weighted by molar-refractivity contribution is 0.0827. The molecule has 1 aliphatic rings. The first-order valence-electron chi connectivity index (χ1n) is 12.6. The summed E-state index contributed by atoms with van der Waals surface area (Å²) in [5, 5.41) is -0.123. The zero-order chi connectivity index (χ0) is 28.0. The van der Waals surface area contributed by atoms with Crippen LogP contribution in [0.15, 0.2) is 47.4 Å². The van der Waals surface area contributed by atoms with Gasteiger partial charge < -0.3 is 15.2 Å². The second kappa shape index (κ2) is 10.6. The molecule has 4 heterocycles. The molecule has 204 valence electrons. The predicted octanol–water partition coefficient (Wildman–Crippen LogP) is 4.83. The van der Waals surface area contributed by atoms with Crippen molar-refractivity contribution in [2.75, 3.05) is 32.9 Å². The Bertz CT molecular complexity index is 1620. The number of carbonyl (C=O) groups is 1. The van der Waals surface area contributed by atoms with Crippen molar-refractivity contribution in [3.8, 4) is 5.69 Å². The smallest absolute Gasteiger partial charge is 0.278 e. The molecule has 0 unspecified atom stereocenters. The number of aromatic nitrogens is 3. The fourth-order valence-electron chi connectivity index (χ4n) is 5.24. The largest absolute Gasteiger partial charge is 0.396 e. The van der Waals surface area contributed by atoms with E-state index in [9.17, 15) is 9.59 Å². The molecule has 3 aromatic heterocycles. The third-order valence-corrected chi connectivity index (χ3v) is 8.22. The van der Waals surface area contributed by atoms with E-state index in [-0.39, 0.29) is 16.6 Å². The van der Waals surface area contributed by atoms with Crippen molar-refractivity contribution in [1.29, 1.82) is 0 Å². The van der Waals surface area contributed by atoms with Crippen molar-refractivity contribution in [3.05, 3.63) is 85.8 Å². The molecule has 0 bridgehead atoms. The average Bonchev–Trinajstić information content (AvgIpc) is 3.26. The summed E-state index contributed by atoms with van der Waals surface area (Å²) in [5.74, 6) is -0.540. The van der Waals surface area contributed by atoms with Crippen molar-refractivity contribution in [3.63, 3.8) is 0 Å². The van der Waals surface area contributed by atoms with Crippen LogP contribution < -0.4 is 11.3 Å². The van der Waals surface area contributed by atoms with E-state index in [1.165, 1.54) is 11.8 Å². The van der Waals surface area contributed by atoms with E-state index in [0.29, 0.717) is 34.7 Å². The van der Waals surface area contributed by atoms with Crippen molar-refractivity contribution < 1.29 is 9.18 Å². The van der Waals surface area contributed by atoms with Gasteiger partial charge in [-0.2, -0.15) is 4.39 Å². The van der Waals surface area contributed by atoms with Crippen LogP contribution in [0.5, 0.6) is 0 Å². The monoisotopic (exact) mass is 570 g/mol. The van der Waals surface area contributed by atoms with Crippen molar-refractivity contribution >= 4 is 45.8 Å². The second-order valence-electron chi connectivity index (χ2n) is 10.1. The van der Waals surface area contributed by atoms with Crippen LogP contribution in [0.1, 0.15) is 40.4 Å². The zero-order valence-electron chi connectivity index (χ0n) is 21.9. The predicted molar refractivity (Wildman–Crippen MR) is 152 cm³/mol. The summed E-state index contributed by atoms with van der Waals surface area (Å²) >= 11 is 12.1. The highest BCUT2D eigenvalue weighted by atomic mass is 35.5. The zero-order valence-corrected chi connectivity index (χ0v) is 23.4. The van der Waals surface area contributed by atoms with Gasteiger partial charge in [0.1, 0.15) is 15.7 Å². The highest BCUT2D eigenvalue weighted by molar-refractivity contribution is 6.38. The molecule has 0 aliphatic carbocycles. The van der Waals surface area contributed by atoms with E-state index >= 15 is 4.39 Å². The summed E-state index contributed by atoms with van der Waals surface area (Å²) in [4.78, 5) is 33.4. The van der Waals surface area contributed by atoms with Crippen molar-refractivity contribution in [2.24, 2.45) is 7.05 Å². The minimum Gasteiger partial charge on any atom is -0.396 e. The van der Waals surface area contributed by atoms with E-state index in [1.54, 1.807) is 25.1 Å². The number of piperidine rings is 1. The second-order valence-corrected chi connectivity index (χ2v) is 10.9. The van der Waals surface area contributed by atoms with Crippen LogP contribution in [0, 0.1) is 5.95 Å². The molecular weight excluding hydrogens is 542 g/mol. The van der Waals surface area contributed by atoms with Gasteiger partial charge in [-0.25, -0.2) is 9.55 Å². The molecule has 11 heteroatoms. The molecular formula is C28H29Cl2FN6O2. The Hall–Kier alpha value is -3.40. The number of aryl methyl sites for hydroxylation is 1. The Morgan fingerprint density at radius 3 is 2.44 bits per heavy atom. The summed E-state index contributed by atoms with van der Waals surface area (Å²) in [6.07, 6.45) is 3.52. The molecule has 8 nitrogen and oxygen atoms in total. The Balaban J connectivity index is 1.36. The fraction of sp³-hybridized carbons (Fsp3) is 0.321. The van der Waals surface area contributed by atoms with Crippen LogP contribution >= 0.6 is 23.2 Å². The van der Waals surface area contributed by atoms with Crippen LogP contribution in [-0.4, -0.2) is 57.0 Å². The lowest BCUT2D eigenvalue weighted by Crippen LogP contribution is -2.33.